The molecule has 7 nitrogen and oxygen atoms in total. The summed E-state index contributed by atoms with van der Waals surface area (Å²) in [6.45, 7) is 1.66. The van der Waals surface area contributed by atoms with E-state index in [2.05, 4.69) is 15.3 Å². The van der Waals surface area contributed by atoms with Crippen molar-refractivity contribution >= 4 is 56.6 Å². The van der Waals surface area contributed by atoms with Gasteiger partial charge in [0, 0.05) is 11.1 Å². The number of hydrogen-bond donors (Lipinski definition) is 1. The molecule has 0 bridgehead atoms. The molecule has 26 heavy (non-hydrogen) atoms. The van der Waals surface area contributed by atoms with Crippen LogP contribution < -0.4 is 15.6 Å². The third-order valence-electron chi connectivity index (χ3n) is 3.61. The first-order valence-electron chi connectivity index (χ1n) is 7.47. The average molecular weight is 411 g/mol. The lowest BCUT2D eigenvalue weighted by atomic mass is 10.2. The number of amides is 1. The van der Waals surface area contributed by atoms with Gasteiger partial charge < -0.3 is 10.1 Å². The van der Waals surface area contributed by atoms with Gasteiger partial charge in [-0.05, 0) is 24.8 Å². The zero-order valence-corrected chi connectivity index (χ0v) is 16.6. The number of thioether (sulfide) groups is 1. The van der Waals surface area contributed by atoms with Crippen LogP contribution in [0.1, 0.15) is 5.56 Å². The topological polar surface area (TPSA) is 86.1 Å². The average Bonchev–Trinajstić information content (AvgIpc) is 3.04. The Balaban J connectivity index is 1.85. The molecule has 0 saturated heterocycles. The van der Waals surface area contributed by atoms with Crippen LogP contribution in [0.15, 0.2) is 27.6 Å². The number of thiazole rings is 1. The van der Waals surface area contributed by atoms with E-state index >= 15 is 0 Å². The van der Waals surface area contributed by atoms with Crippen molar-refractivity contribution in [2.24, 2.45) is 0 Å². The van der Waals surface area contributed by atoms with Crippen molar-refractivity contribution in [3.63, 3.8) is 0 Å². The summed E-state index contributed by atoms with van der Waals surface area (Å²) in [5.74, 6) is 0.0739. The Labute approximate surface area is 162 Å². The van der Waals surface area contributed by atoms with Gasteiger partial charge in [-0.25, -0.2) is 9.97 Å². The second-order valence-electron chi connectivity index (χ2n) is 5.36. The molecule has 3 aromatic rings. The van der Waals surface area contributed by atoms with E-state index in [1.165, 1.54) is 41.1 Å². The molecular formula is C16H15ClN4O3S2. The van der Waals surface area contributed by atoms with Gasteiger partial charge >= 0.3 is 0 Å². The normalized spacial score (nSPS) is 10.9. The molecule has 0 aliphatic carbocycles. The molecule has 1 amide bonds. The van der Waals surface area contributed by atoms with Crippen molar-refractivity contribution in [1.82, 2.24) is 14.5 Å². The number of nitrogens with one attached hydrogen (secondary N) is 1. The second-order valence-corrected chi connectivity index (χ2v) is 7.82. The van der Waals surface area contributed by atoms with E-state index in [4.69, 9.17) is 16.3 Å². The Morgan fingerprint density at radius 1 is 1.46 bits per heavy atom. The molecule has 0 aliphatic heterocycles. The van der Waals surface area contributed by atoms with E-state index in [0.717, 1.165) is 9.90 Å². The number of hydrogen-bond acceptors (Lipinski definition) is 7. The summed E-state index contributed by atoms with van der Waals surface area (Å²) >= 11 is 8.78. The van der Waals surface area contributed by atoms with Crippen LogP contribution in [0.3, 0.4) is 0 Å². The zero-order chi connectivity index (χ0) is 18.8. The summed E-state index contributed by atoms with van der Waals surface area (Å²) in [6, 6.07) is 3.35. The highest BCUT2D eigenvalue weighted by atomic mass is 35.5. The first-order chi connectivity index (χ1) is 12.4. The molecule has 0 spiro atoms. The molecule has 1 aromatic carbocycles. The SMILES string of the molecule is COc1cc(Cl)c(C)cc1NC(=O)Cn1cnc2nc(SC)sc2c1=O. The number of anilines is 1. The number of carbonyl (C=O) groups excluding carboxylic acids is 1. The summed E-state index contributed by atoms with van der Waals surface area (Å²) in [5, 5.41) is 3.29. The van der Waals surface area contributed by atoms with Crippen molar-refractivity contribution in [2.45, 2.75) is 17.8 Å². The number of aromatic nitrogens is 3. The van der Waals surface area contributed by atoms with Crippen molar-refractivity contribution in [2.75, 3.05) is 18.7 Å². The molecular weight excluding hydrogens is 396 g/mol. The number of ether oxygens (including phenoxy) is 1. The maximum absolute atomic E-state index is 12.5. The minimum absolute atomic E-state index is 0.168. The number of halogens is 1. The van der Waals surface area contributed by atoms with Gasteiger partial charge in [0.1, 0.15) is 23.3 Å². The van der Waals surface area contributed by atoms with Crippen LogP contribution in [0.2, 0.25) is 5.02 Å². The maximum Gasteiger partial charge on any atom is 0.273 e. The van der Waals surface area contributed by atoms with Gasteiger partial charge in [0.05, 0.1) is 12.8 Å². The minimum atomic E-state index is -0.372. The number of benzene rings is 1. The van der Waals surface area contributed by atoms with Crippen molar-refractivity contribution < 1.29 is 9.53 Å². The predicted molar refractivity (Wildman–Crippen MR) is 105 cm³/mol. The van der Waals surface area contributed by atoms with Gasteiger partial charge in [-0.15, -0.1) is 11.3 Å². The number of carbonyl (C=O) groups is 1. The van der Waals surface area contributed by atoms with Crippen LogP contribution in [0.25, 0.3) is 10.3 Å². The van der Waals surface area contributed by atoms with Gasteiger partial charge in [-0.2, -0.15) is 0 Å². The van der Waals surface area contributed by atoms with E-state index in [1.54, 1.807) is 12.1 Å². The van der Waals surface area contributed by atoms with Gasteiger partial charge in [-0.3, -0.25) is 14.2 Å². The first kappa shape index (κ1) is 18.7. The van der Waals surface area contributed by atoms with Gasteiger partial charge in [0.25, 0.3) is 5.56 Å². The van der Waals surface area contributed by atoms with E-state index in [9.17, 15) is 9.59 Å². The Bertz CT molecular complexity index is 1050. The monoisotopic (exact) mass is 410 g/mol. The Morgan fingerprint density at radius 2 is 2.23 bits per heavy atom. The van der Waals surface area contributed by atoms with Crippen molar-refractivity contribution in [1.29, 1.82) is 0 Å². The second kappa shape index (κ2) is 7.65. The molecule has 2 heterocycles. The Kier molecular flexibility index (Phi) is 5.49. The third kappa shape index (κ3) is 3.69. The van der Waals surface area contributed by atoms with Crippen LogP contribution >= 0.6 is 34.7 Å². The van der Waals surface area contributed by atoms with Crippen molar-refractivity contribution in [3.8, 4) is 5.75 Å². The smallest absolute Gasteiger partial charge is 0.273 e. The third-order valence-corrected chi connectivity index (χ3v) is 6.03. The lowest BCUT2D eigenvalue weighted by molar-refractivity contribution is -0.116. The molecule has 3 rings (SSSR count). The predicted octanol–water partition coefficient (Wildman–Crippen LogP) is 3.18. The zero-order valence-electron chi connectivity index (χ0n) is 14.2. The maximum atomic E-state index is 12.5. The standard InChI is InChI=1S/C16H15ClN4O3S2/c1-8-4-10(11(24-2)5-9(8)17)19-12(22)6-21-7-18-14-13(15(21)23)26-16(20-14)25-3/h4-5,7H,6H2,1-3H3,(H,19,22). The number of nitrogens with zero attached hydrogens (tertiary/aromatic N) is 3. The van der Waals surface area contributed by atoms with Gasteiger partial charge in [0.2, 0.25) is 5.91 Å². The lowest BCUT2D eigenvalue weighted by Gasteiger charge is -2.12. The summed E-state index contributed by atoms with van der Waals surface area (Å²) in [5.41, 5.74) is 1.40. The van der Waals surface area contributed by atoms with Crippen LogP contribution in [0.5, 0.6) is 5.75 Å². The molecule has 0 aliphatic rings. The van der Waals surface area contributed by atoms with E-state index in [1.807, 2.05) is 13.2 Å². The highest BCUT2D eigenvalue weighted by Crippen LogP contribution is 2.31. The highest BCUT2D eigenvalue weighted by Gasteiger charge is 2.14. The molecule has 1 N–H and O–H groups in total. The summed E-state index contributed by atoms with van der Waals surface area (Å²) in [7, 11) is 1.49. The summed E-state index contributed by atoms with van der Waals surface area (Å²) < 4.78 is 7.69. The fourth-order valence-electron chi connectivity index (χ4n) is 2.30. The summed E-state index contributed by atoms with van der Waals surface area (Å²) in [4.78, 5) is 33.3. The van der Waals surface area contributed by atoms with E-state index < -0.39 is 0 Å². The molecule has 0 fully saturated rings. The Morgan fingerprint density at radius 3 is 2.92 bits per heavy atom. The lowest BCUT2D eigenvalue weighted by Crippen LogP contribution is -2.27. The largest absolute Gasteiger partial charge is 0.495 e. The molecule has 10 heteroatoms. The van der Waals surface area contributed by atoms with Gasteiger partial charge in [0.15, 0.2) is 9.99 Å². The molecule has 0 saturated carbocycles. The van der Waals surface area contributed by atoms with Crippen LogP contribution in [0, 0.1) is 6.92 Å². The highest BCUT2D eigenvalue weighted by molar-refractivity contribution is 8.00. The number of rotatable bonds is 5. The molecule has 0 atom stereocenters. The van der Waals surface area contributed by atoms with E-state index in [0.29, 0.717) is 26.8 Å². The number of fused-ring (bicyclic) bond motifs is 1. The molecule has 0 unspecified atom stereocenters. The number of methoxy groups -OCH3 is 1. The summed E-state index contributed by atoms with van der Waals surface area (Å²) in [6.07, 6.45) is 3.21. The van der Waals surface area contributed by atoms with Crippen LogP contribution in [-0.2, 0) is 11.3 Å². The minimum Gasteiger partial charge on any atom is -0.495 e. The number of aryl methyl sites for hydroxylation is 1. The fourth-order valence-corrected chi connectivity index (χ4v) is 3.92. The van der Waals surface area contributed by atoms with Crippen LogP contribution in [0.4, 0.5) is 5.69 Å². The van der Waals surface area contributed by atoms with E-state index in [-0.39, 0.29) is 18.0 Å². The van der Waals surface area contributed by atoms with Crippen LogP contribution in [-0.4, -0.2) is 33.8 Å². The molecule has 136 valence electrons. The molecule has 0 radical (unpaired) electrons. The first-order valence-corrected chi connectivity index (χ1v) is 9.88. The van der Waals surface area contributed by atoms with Gasteiger partial charge in [-0.1, -0.05) is 23.4 Å². The Hall–Kier alpha value is -2.10. The quantitative estimate of drug-likeness (QED) is 0.650. The molecule has 2 aromatic heterocycles. The fraction of sp³-hybridized carbons (Fsp3) is 0.250. The van der Waals surface area contributed by atoms with Crippen molar-refractivity contribution in [3.05, 3.63) is 39.4 Å².